The van der Waals surface area contributed by atoms with Crippen LogP contribution in [0, 0.1) is 11.8 Å². The maximum atomic E-state index is 12.1. The Morgan fingerprint density at radius 1 is 1.07 bits per heavy atom. The Hall–Kier alpha value is -2.25. The van der Waals surface area contributed by atoms with Gasteiger partial charge < -0.3 is 23.7 Å². The number of carbonyl (C=O) groups excluding carboxylic acids is 3. The summed E-state index contributed by atoms with van der Waals surface area (Å²) in [7, 11) is 0. The summed E-state index contributed by atoms with van der Waals surface area (Å²) in [5.74, 6) is -1.46. The Kier molecular flexibility index (Phi) is 8.79. The summed E-state index contributed by atoms with van der Waals surface area (Å²) in [6.07, 6.45) is -1.23. The minimum atomic E-state index is -0.895. The molecule has 1 aliphatic heterocycles. The Bertz CT molecular complexity index is 673. The van der Waals surface area contributed by atoms with Crippen LogP contribution < -0.4 is 0 Å². The van der Waals surface area contributed by atoms with Crippen molar-refractivity contribution in [1.29, 1.82) is 0 Å². The molecular formula is C22H30O7. The molecule has 2 rings (SSSR count). The minimum absolute atomic E-state index is 0.0996. The normalized spacial score (nSPS) is 26.7. The molecule has 1 aromatic rings. The van der Waals surface area contributed by atoms with E-state index in [2.05, 4.69) is 0 Å². The zero-order valence-electron chi connectivity index (χ0n) is 17.4. The van der Waals surface area contributed by atoms with Gasteiger partial charge >= 0.3 is 11.9 Å². The van der Waals surface area contributed by atoms with E-state index in [0.29, 0.717) is 13.0 Å². The number of benzene rings is 1. The SMILES string of the molecule is CC(=O)OCC1OC(CC(C)C)C(OCc2ccccc2)C(C=O)C1OC(C)=O. The predicted octanol–water partition coefficient (Wildman–Crippen LogP) is 2.70. The molecule has 1 saturated heterocycles. The Morgan fingerprint density at radius 3 is 2.31 bits per heavy atom. The second-order valence-corrected chi connectivity index (χ2v) is 7.69. The first-order chi connectivity index (χ1) is 13.8. The lowest BCUT2D eigenvalue weighted by Crippen LogP contribution is -2.58. The minimum Gasteiger partial charge on any atom is -0.463 e. The molecule has 1 fully saturated rings. The van der Waals surface area contributed by atoms with E-state index in [-0.39, 0.29) is 12.5 Å². The first kappa shape index (κ1) is 23.0. The smallest absolute Gasteiger partial charge is 0.303 e. The molecule has 0 N–H and O–H groups in total. The molecule has 0 saturated carbocycles. The van der Waals surface area contributed by atoms with Crippen LogP contribution in [0.5, 0.6) is 0 Å². The van der Waals surface area contributed by atoms with E-state index in [9.17, 15) is 14.4 Å². The van der Waals surface area contributed by atoms with E-state index < -0.39 is 42.3 Å². The summed E-state index contributed by atoms with van der Waals surface area (Å²) in [5, 5.41) is 0. The lowest BCUT2D eigenvalue weighted by Gasteiger charge is -2.44. The molecule has 7 heteroatoms. The van der Waals surface area contributed by atoms with Crippen LogP contribution in [0.3, 0.4) is 0 Å². The standard InChI is InChI=1S/C22H30O7/c1-14(2)10-19-21(27-12-17-8-6-5-7-9-17)18(11-23)22(28-16(4)25)20(29-19)13-26-15(3)24/h5-9,11,14,18-22H,10,12-13H2,1-4H3. The molecule has 5 unspecified atom stereocenters. The molecule has 0 aliphatic carbocycles. The van der Waals surface area contributed by atoms with Crippen LogP contribution in [-0.4, -0.2) is 49.2 Å². The van der Waals surface area contributed by atoms with Crippen LogP contribution in [0.2, 0.25) is 0 Å². The fourth-order valence-corrected chi connectivity index (χ4v) is 3.54. The van der Waals surface area contributed by atoms with E-state index in [4.69, 9.17) is 18.9 Å². The highest BCUT2D eigenvalue weighted by atomic mass is 16.6. The Balaban J connectivity index is 2.26. The molecule has 0 bridgehead atoms. The van der Waals surface area contributed by atoms with Crippen LogP contribution in [0.25, 0.3) is 0 Å². The van der Waals surface area contributed by atoms with Crippen molar-refractivity contribution in [3.63, 3.8) is 0 Å². The lowest BCUT2D eigenvalue weighted by molar-refractivity contribution is -0.233. The van der Waals surface area contributed by atoms with Crippen molar-refractivity contribution in [3.05, 3.63) is 35.9 Å². The van der Waals surface area contributed by atoms with Gasteiger partial charge in [-0.1, -0.05) is 44.2 Å². The molecule has 0 amide bonds. The molecule has 0 spiro atoms. The summed E-state index contributed by atoms with van der Waals surface area (Å²) < 4.78 is 22.8. The summed E-state index contributed by atoms with van der Waals surface area (Å²) in [6.45, 7) is 6.86. The quantitative estimate of drug-likeness (QED) is 0.460. The molecular weight excluding hydrogens is 376 g/mol. The fraction of sp³-hybridized carbons (Fsp3) is 0.591. The molecule has 1 aromatic carbocycles. The van der Waals surface area contributed by atoms with Gasteiger partial charge in [0.05, 0.1) is 24.7 Å². The number of rotatable bonds is 9. The van der Waals surface area contributed by atoms with Gasteiger partial charge in [-0.25, -0.2) is 0 Å². The molecule has 0 radical (unpaired) electrons. The largest absolute Gasteiger partial charge is 0.463 e. The first-order valence-corrected chi connectivity index (χ1v) is 9.88. The fourth-order valence-electron chi connectivity index (χ4n) is 3.54. The maximum Gasteiger partial charge on any atom is 0.303 e. The number of esters is 2. The average Bonchev–Trinajstić information content (AvgIpc) is 2.66. The summed E-state index contributed by atoms with van der Waals surface area (Å²) >= 11 is 0. The van der Waals surface area contributed by atoms with Crippen molar-refractivity contribution in [1.82, 2.24) is 0 Å². The van der Waals surface area contributed by atoms with Crippen molar-refractivity contribution in [2.24, 2.45) is 11.8 Å². The molecule has 160 valence electrons. The second-order valence-electron chi connectivity index (χ2n) is 7.69. The summed E-state index contributed by atoms with van der Waals surface area (Å²) in [6, 6.07) is 9.61. The number of ether oxygens (including phenoxy) is 4. The topological polar surface area (TPSA) is 88.1 Å². The van der Waals surface area contributed by atoms with Gasteiger partial charge in [0.2, 0.25) is 0 Å². The monoisotopic (exact) mass is 406 g/mol. The average molecular weight is 406 g/mol. The second kappa shape index (κ2) is 11.1. The van der Waals surface area contributed by atoms with Crippen LogP contribution >= 0.6 is 0 Å². The zero-order chi connectivity index (χ0) is 21.4. The van der Waals surface area contributed by atoms with Gasteiger partial charge in [-0.3, -0.25) is 9.59 Å². The van der Waals surface area contributed by atoms with Crippen LogP contribution in [0.1, 0.15) is 39.7 Å². The van der Waals surface area contributed by atoms with Crippen molar-refractivity contribution in [2.75, 3.05) is 6.61 Å². The number of carbonyl (C=O) groups is 3. The number of aldehydes is 1. The van der Waals surface area contributed by atoms with Gasteiger partial charge in [-0.05, 0) is 17.9 Å². The van der Waals surface area contributed by atoms with E-state index in [1.54, 1.807) is 0 Å². The van der Waals surface area contributed by atoms with E-state index in [1.165, 1.54) is 13.8 Å². The molecule has 7 nitrogen and oxygen atoms in total. The van der Waals surface area contributed by atoms with E-state index in [1.807, 2.05) is 44.2 Å². The lowest BCUT2D eigenvalue weighted by atomic mass is 9.84. The van der Waals surface area contributed by atoms with Gasteiger partial charge in [0.1, 0.15) is 25.1 Å². The van der Waals surface area contributed by atoms with Crippen LogP contribution in [-0.2, 0) is 39.9 Å². The third-order valence-corrected chi connectivity index (χ3v) is 4.74. The zero-order valence-corrected chi connectivity index (χ0v) is 17.4. The Labute approximate surface area is 171 Å². The van der Waals surface area contributed by atoms with Crippen molar-refractivity contribution >= 4 is 18.2 Å². The highest BCUT2D eigenvalue weighted by Crippen LogP contribution is 2.33. The summed E-state index contributed by atoms with van der Waals surface area (Å²) in [4.78, 5) is 35.0. The third-order valence-electron chi connectivity index (χ3n) is 4.74. The van der Waals surface area contributed by atoms with Crippen molar-refractivity contribution in [2.45, 2.75) is 65.1 Å². The molecule has 0 aromatic heterocycles. The highest BCUT2D eigenvalue weighted by molar-refractivity contribution is 5.67. The van der Waals surface area contributed by atoms with Gasteiger partial charge in [0.15, 0.2) is 0 Å². The van der Waals surface area contributed by atoms with Gasteiger partial charge in [-0.15, -0.1) is 0 Å². The maximum absolute atomic E-state index is 12.1. The number of hydrogen-bond acceptors (Lipinski definition) is 7. The van der Waals surface area contributed by atoms with Gasteiger partial charge in [-0.2, -0.15) is 0 Å². The molecule has 5 atom stereocenters. The van der Waals surface area contributed by atoms with Crippen molar-refractivity contribution < 1.29 is 33.3 Å². The van der Waals surface area contributed by atoms with Gasteiger partial charge in [0, 0.05) is 13.8 Å². The molecule has 1 aliphatic rings. The van der Waals surface area contributed by atoms with Crippen molar-refractivity contribution in [3.8, 4) is 0 Å². The third kappa shape index (κ3) is 6.94. The van der Waals surface area contributed by atoms with Crippen LogP contribution in [0.15, 0.2) is 30.3 Å². The first-order valence-electron chi connectivity index (χ1n) is 9.88. The molecule has 29 heavy (non-hydrogen) atoms. The molecule has 1 heterocycles. The van der Waals surface area contributed by atoms with E-state index >= 15 is 0 Å². The van der Waals surface area contributed by atoms with E-state index in [0.717, 1.165) is 11.8 Å². The predicted molar refractivity (Wildman–Crippen MR) is 105 cm³/mol. The highest BCUT2D eigenvalue weighted by Gasteiger charge is 2.48. The van der Waals surface area contributed by atoms with Crippen LogP contribution in [0.4, 0.5) is 0 Å². The van der Waals surface area contributed by atoms with Gasteiger partial charge in [0.25, 0.3) is 0 Å². The number of hydrogen-bond donors (Lipinski definition) is 0. The Morgan fingerprint density at radius 2 is 1.76 bits per heavy atom. The summed E-state index contributed by atoms with van der Waals surface area (Å²) in [5.41, 5.74) is 0.964.